The highest BCUT2D eigenvalue weighted by atomic mass is 35.5. The number of nitrogens with zero attached hydrogens (tertiary/aromatic N) is 1. The summed E-state index contributed by atoms with van der Waals surface area (Å²) in [5.74, 6) is 7.09. The first kappa shape index (κ1) is 17.8. The fourth-order valence-corrected chi connectivity index (χ4v) is 8.60. The van der Waals surface area contributed by atoms with E-state index in [0.29, 0.717) is 17.1 Å². The van der Waals surface area contributed by atoms with Crippen molar-refractivity contribution < 1.29 is 4.79 Å². The monoisotopic (exact) mass is 421 g/mol. The Kier molecular flexibility index (Phi) is 4.39. The minimum Gasteiger partial charge on any atom is -0.293 e. The third-order valence-electron chi connectivity index (χ3n) is 6.38. The van der Waals surface area contributed by atoms with Gasteiger partial charge in [-0.05, 0) is 54.7 Å². The molecule has 3 N–H and O–H groups in total. The van der Waals surface area contributed by atoms with E-state index in [1.54, 1.807) is 4.57 Å². The van der Waals surface area contributed by atoms with E-state index < -0.39 is 0 Å². The van der Waals surface area contributed by atoms with Crippen LogP contribution in [0.2, 0.25) is 5.02 Å². The predicted molar refractivity (Wildman–Crippen MR) is 108 cm³/mol. The average molecular weight is 422 g/mol. The van der Waals surface area contributed by atoms with Crippen LogP contribution in [-0.2, 0) is 11.3 Å². The van der Waals surface area contributed by atoms with Gasteiger partial charge in [0.1, 0.15) is 6.54 Å². The zero-order valence-electron chi connectivity index (χ0n) is 14.6. The molecule has 0 unspecified atom stereocenters. The highest BCUT2D eigenvalue weighted by molar-refractivity contribution is 8.00. The molecule has 27 heavy (non-hydrogen) atoms. The number of nitrogens with one attached hydrogen (secondary N) is 1. The second-order valence-electron chi connectivity index (χ2n) is 7.71. The van der Waals surface area contributed by atoms with Crippen LogP contribution in [0.5, 0.6) is 0 Å². The van der Waals surface area contributed by atoms with Gasteiger partial charge in [-0.25, -0.2) is 5.84 Å². The molecular weight excluding hydrogens is 402 g/mol. The maximum absolute atomic E-state index is 12.7. The largest absolute Gasteiger partial charge is 0.308 e. The number of fused-ring (bicyclic) bond motifs is 6. The van der Waals surface area contributed by atoms with Crippen LogP contribution >= 0.6 is 34.7 Å². The van der Waals surface area contributed by atoms with Crippen LogP contribution in [0.4, 0.5) is 0 Å². The summed E-state index contributed by atoms with van der Waals surface area (Å²) in [5, 5.41) is 2.19. The van der Waals surface area contributed by atoms with Crippen molar-refractivity contribution in [2.75, 3.05) is 0 Å². The van der Waals surface area contributed by atoms with E-state index in [4.69, 9.17) is 17.4 Å². The summed E-state index contributed by atoms with van der Waals surface area (Å²) in [4.78, 5) is 25.6. The third kappa shape index (κ3) is 2.78. The van der Waals surface area contributed by atoms with Crippen molar-refractivity contribution in [2.45, 2.75) is 42.0 Å². The Hall–Kier alpha value is -1.28. The summed E-state index contributed by atoms with van der Waals surface area (Å²) >= 11 is 9.22. The number of benzene rings is 1. The first-order valence-electron chi connectivity index (χ1n) is 9.22. The predicted octanol–water partition coefficient (Wildman–Crippen LogP) is 3.21. The van der Waals surface area contributed by atoms with Crippen molar-refractivity contribution in [1.82, 2.24) is 9.99 Å². The maximum atomic E-state index is 12.7. The highest BCUT2D eigenvalue weighted by Crippen LogP contribution is 2.63. The Morgan fingerprint density at radius 2 is 2.00 bits per heavy atom. The van der Waals surface area contributed by atoms with Crippen molar-refractivity contribution >= 4 is 40.6 Å². The number of thiazole rings is 1. The Morgan fingerprint density at radius 3 is 2.74 bits per heavy atom. The summed E-state index contributed by atoms with van der Waals surface area (Å²) in [6, 6.07) is 8.05. The topological polar surface area (TPSA) is 77.1 Å². The van der Waals surface area contributed by atoms with Gasteiger partial charge >= 0.3 is 4.87 Å². The minimum absolute atomic E-state index is 0.0208. The van der Waals surface area contributed by atoms with Crippen LogP contribution in [0.3, 0.4) is 0 Å². The van der Waals surface area contributed by atoms with Gasteiger partial charge in [-0.15, -0.1) is 11.8 Å². The molecule has 2 bridgehead atoms. The average Bonchev–Trinajstić information content (AvgIpc) is 3.35. The van der Waals surface area contributed by atoms with Crippen molar-refractivity contribution in [3.63, 3.8) is 0 Å². The number of hydrogen-bond donors (Lipinski definition) is 2. The second kappa shape index (κ2) is 6.65. The van der Waals surface area contributed by atoms with E-state index in [-0.39, 0.29) is 23.2 Å². The Bertz CT molecular complexity index is 955. The summed E-state index contributed by atoms with van der Waals surface area (Å²) in [7, 11) is 0. The second-order valence-corrected chi connectivity index (χ2v) is 10.3. The Labute approximate surface area is 170 Å². The van der Waals surface area contributed by atoms with Crippen LogP contribution in [-0.4, -0.2) is 15.7 Å². The summed E-state index contributed by atoms with van der Waals surface area (Å²) in [5.41, 5.74) is 3.36. The number of halogens is 1. The lowest BCUT2D eigenvalue weighted by Gasteiger charge is -2.40. The molecule has 2 fully saturated rings. The maximum Gasteiger partial charge on any atom is 0.308 e. The smallest absolute Gasteiger partial charge is 0.293 e. The van der Waals surface area contributed by atoms with Gasteiger partial charge in [-0.1, -0.05) is 35.1 Å². The molecule has 2 aromatic rings. The van der Waals surface area contributed by atoms with Crippen LogP contribution in [0.15, 0.2) is 34.1 Å². The number of thioether (sulfide) groups is 1. The molecule has 1 aromatic heterocycles. The number of carbonyl (C=O) groups excluding carboxylic acids is 1. The molecule has 2 saturated carbocycles. The van der Waals surface area contributed by atoms with Crippen LogP contribution in [0.1, 0.15) is 35.6 Å². The lowest BCUT2D eigenvalue weighted by molar-refractivity contribution is -0.121. The van der Waals surface area contributed by atoms with Crippen molar-refractivity contribution in [3.8, 4) is 0 Å². The number of amides is 1. The molecule has 5 atom stereocenters. The van der Waals surface area contributed by atoms with Gasteiger partial charge < -0.3 is 0 Å². The number of carbonyl (C=O) groups is 1. The van der Waals surface area contributed by atoms with E-state index in [9.17, 15) is 9.59 Å². The van der Waals surface area contributed by atoms with E-state index >= 15 is 0 Å². The Morgan fingerprint density at radius 1 is 1.26 bits per heavy atom. The van der Waals surface area contributed by atoms with E-state index in [1.165, 1.54) is 36.2 Å². The van der Waals surface area contributed by atoms with E-state index in [0.717, 1.165) is 20.8 Å². The lowest BCUT2D eigenvalue weighted by Crippen LogP contribution is -2.37. The van der Waals surface area contributed by atoms with Gasteiger partial charge in [0, 0.05) is 21.1 Å². The molecule has 0 spiro atoms. The number of hydrazine groups is 1. The fourth-order valence-electron chi connectivity index (χ4n) is 5.32. The number of aromatic nitrogens is 1. The SMILES string of the molecule is NNC(=O)Cn1c2c(sc1=O)[C@@H](c1ccc(Cl)cc1)[C@H]1[C@@H]3CC[C@H](C3)[C@@H]1S2. The quantitative estimate of drug-likeness (QED) is 0.453. The zero-order chi connectivity index (χ0) is 18.7. The third-order valence-corrected chi connectivity index (χ3v) is 9.46. The molecule has 1 amide bonds. The summed E-state index contributed by atoms with van der Waals surface area (Å²) in [6.45, 7) is -0.0208. The van der Waals surface area contributed by atoms with Crippen LogP contribution in [0, 0.1) is 17.8 Å². The lowest BCUT2D eigenvalue weighted by atomic mass is 9.75. The highest BCUT2D eigenvalue weighted by Gasteiger charge is 2.55. The number of nitrogens with two attached hydrogens (primary N) is 1. The number of hydrogen-bond acceptors (Lipinski definition) is 5. The van der Waals surface area contributed by atoms with Crippen molar-refractivity contribution in [3.05, 3.63) is 49.4 Å². The normalized spacial score (nSPS) is 30.8. The molecule has 2 heterocycles. The molecule has 0 radical (unpaired) electrons. The van der Waals surface area contributed by atoms with Gasteiger partial charge in [0.25, 0.3) is 5.91 Å². The van der Waals surface area contributed by atoms with E-state index in [2.05, 4.69) is 17.6 Å². The molecule has 142 valence electrons. The molecular formula is C19H20ClN3O2S2. The first-order chi connectivity index (χ1) is 13.1. The van der Waals surface area contributed by atoms with Gasteiger partial charge in [-0.3, -0.25) is 19.6 Å². The molecule has 1 aliphatic heterocycles. The number of rotatable bonds is 3. The first-order valence-corrected chi connectivity index (χ1v) is 11.3. The van der Waals surface area contributed by atoms with Crippen molar-refractivity contribution in [2.24, 2.45) is 23.6 Å². The molecule has 5 rings (SSSR count). The molecule has 0 saturated heterocycles. The van der Waals surface area contributed by atoms with Gasteiger partial charge in [-0.2, -0.15) is 0 Å². The fraction of sp³-hybridized carbons (Fsp3) is 0.474. The van der Waals surface area contributed by atoms with Crippen LogP contribution < -0.4 is 16.1 Å². The standard InChI is InChI=1S/C19H20ClN3O2S2/c20-12-5-3-9(4-6-12)14-15-10-1-2-11(7-10)16(15)26-18-17(14)27-19(25)23(18)8-13(24)22-21/h3-6,10-11,14-16H,1-2,7-8,21H2,(H,22,24)/t10-,11-,14+,15-,16+/m1/s1. The van der Waals surface area contributed by atoms with Gasteiger partial charge in [0.15, 0.2) is 0 Å². The minimum atomic E-state index is -0.351. The molecule has 8 heteroatoms. The summed E-state index contributed by atoms with van der Waals surface area (Å²) in [6.07, 6.45) is 3.85. The van der Waals surface area contributed by atoms with E-state index in [1.807, 2.05) is 23.9 Å². The summed E-state index contributed by atoms with van der Waals surface area (Å²) < 4.78 is 1.61. The molecule has 2 aliphatic carbocycles. The van der Waals surface area contributed by atoms with Crippen molar-refractivity contribution in [1.29, 1.82) is 0 Å². The van der Waals surface area contributed by atoms with Gasteiger partial charge in [0.05, 0.1) is 5.03 Å². The van der Waals surface area contributed by atoms with Crippen LogP contribution in [0.25, 0.3) is 0 Å². The zero-order valence-corrected chi connectivity index (χ0v) is 16.9. The molecule has 1 aromatic carbocycles. The Balaban J connectivity index is 1.65. The van der Waals surface area contributed by atoms with Gasteiger partial charge in [0.2, 0.25) is 0 Å². The molecule has 5 nitrogen and oxygen atoms in total. The molecule has 3 aliphatic rings.